The number of alkyl halides is 3. The number of hydrogen-bond donors (Lipinski definition) is 2. The molecule has 0 spiro atoms. The molecule has 1 saturated carbocycles. The van der Waals surface area contributed by atoms with Crippen molar-refractivity contribution < 1.29 is 32.6 Å². The van der Waals surface area contributed by atoms with Crippen LogP contribution in [0, 0.1) is 11.3 Å². The Labute approximate surface area is 154 Å². The number of carboxylic acid groups (broad SMARTS) is 1. The molecule has 148 valence electrons. The molecule has 2 amide bonds. The molecular formula is C18H21F3N2O4. The highest BCUT2D eigenvalue weighted by Crippen LogP contribution is 2.49. The van der Waals surface area contributed by atoms with Crippen molar-refractivity contribution in [1.82, 2.24) is 10.2 Å². The molecule has 2 fully saturated rings. The third kappa shape index (κ3) is 3.54. The Morgan fingerprint density at radius 2 is 2.00 bits per heavy atom. The molecule has 0 bridgehead atoms. The van der Waals surface area contributed by atoms with E-state index in [1.807, 2.05) is 5.32 Å². The highest BCUT2D eigenvalue weighted by Gasteiger charge is 2.56. The Bertz CT molecular complexity index is 722. The van der Waals surface area contributed by atoms with Crippen molar-refractivity contribution in [2.24, 2.45) is 11.3 Å². The van der Waals surface area contributed by atoms with Gasteiger partial charge in [-0.1, -0.05) is 18.6 Å². The molecular weight excluding hydrogens is 365 g/mol. The van der Waals surface area contributed by atoms with Crippen molar-refractivity contribution in [3.8, 4) is 5.75 Å². The number of carbonyl (C=O) groups excluding carboxylic acids is 1. The monoisotopic (exact) mass is 386 g/mol. The fourth-order valence-corrected chi connectivity index (χ4v) is 4.16. The topological polar surface area (TPSA) is 78.9 Å². The van der Waals surface area contributed by atoms with E-state index in [0.29, 0.717) is 18.6 Å². The van der Waals surface area contributed by atoms with E-state index in [-0.39, 0.29) is 24.6 Å². The number of nitrogens with one attached hydrogen (secondary N) is 1. The zero-order valence-corrected chi connectivity index (χ0v) is 14.8. The summed E-state index contributed by atoms with van der Waals surface area (Å²) >= 11 is 0. The van der Waals surface area contributed by atoms with Gasteiger partial charge in [0.05, 0.1) is 12.5 Å². The summed E-state index contributed by atoms with van der Waals surface area (Å²) in [7, 11) is 1.40. The Morgan fingerprint density at radius 1 is 1.33 bits per heavy atom. The summed E-state index contributed by atoms with van der Waals surface area (Å²) in [4.78, 5) is 25.4. The molecule has 2 N–H and O–H groups in total. The first-order valence-corrected chi connectivity index (χ1v) is 8.67. The average molecular weight is 386 g/mol. The van der Waals surface area contributed by atoms with Gasteiger partial charge in [0.25, 0.3) is 0 Å². The second-order valence-corrected chi connectivity index (χ2v) is 7.13. The Kier molecular flexibility index (Phi) is 4.96. The molecule has 1 aromatic rings. The van der Waals surface area contributed by atoms with Gasteiger partial charge in [0.2, 0.25) is 0 Å². The highest BCUT2D eigenvalue weighted by molar-refractivity contribution is 5.80. The van der Waals surface area contributed by atoms with Crippen LogP contribution in [0.15, 0.2) is 24.3 Å². The first-order chi connectivity index (χ1) is 12.7. The van der Waals surface area contributed by atoms with Gasteiger partial charge in [0.15, 0.2) is 6.04 Å². The number of carboxylic acids is 1. The fraction of sp³-hybridized carbons (Fsp3) is 0.556. The summed E-state index contributed by atoms with van der Waals surface area (Å²) in [5, 5.41) is 11.6. The number of benzene rings is 1. The minimum Gasteiger partial charge on any atom is -0.497 e. The van der Waals surface area contributed by atoms with E-state index < -0.39 is 29.6 Å². The van der Waals surface area contributed by atoms with Gasteiger partial charge in [-0.15, -0.1) is 0 Å². The lowest BCUT2D eigenvalue weighted by molar-refractivity contribution is -0.155. The zero-order chi connectivity index (χ0) is 19.8. The van der Waals surface area contributed by atoms with E-state index >= 15 is 0 Å². The molecule has 27 heavy (non-hydrogen) atoms. The summed E-state index contributed by atoms with van der Waals surface area (Å²) in [6.07, 6.45) is -2.83. The number of fused-ring (bicyclic) bond motifs is 1. The third-order valence-corrected chi connectivity index (χ3v) is 5.63. The number of aliphatic carboxylic acids is 1. The standard InChI is InChI=1S/C18H21F3N2O4/c1-27-13-6-4-11(5-7-13)14(18(19,20)21)22-16(26)23-9-12-3-2-8-17(12,10-23)15(24)25/h4-7,12,14H,2-3,8-10H2,1H3,(H,22,26)(H,24,25)/t12-,14?,17+/m0/s1. The number of nitrogens with zero attached hydrogens (tertiary/aromatic N) is 1. The second kappa shape index (κ2) is 6.94. The number of carbonyl (C=O) groups is 2. The van der Waals surface area contributed by atoms with Crippen molar-refractivity contribution in [2.75, 3.05) is 20.2 Å². The molecule has 0 aromatic heterocycles. The molecule has 1 aromatic carbocycles. The Morgan fingerprint density at radius 3 is 2.52 bits per heavy atom. The number of rotatable bonds is 4. The zero-order valence-electron chi connectivity index (χ0n) is 14.8. The number of urea groups is 1. The minimum atomic E-state index is -4.69. The van der Waals surface area contributed by atoms with Gasteiger partial charge in [-0.25, -0.2) is 4.79 Å². The van der Waals surface area contributed by atoms with Crippen molar-refractivity contribution in [3.63, 3.8) is 0 Å². The Balaban J connectivity index is 1.76. The normalized spacial score (nSPS) is 25.8. The minimum absolute atomic E-state index is 0.0635. The van der Waals surface area contributed by atoms with Crippen LogP contribution in [-0.2, 0) is 4.79 Å². The molecule has 1 aliphatic carbocycles. The lowest BCUT2D eigenvalue weighted by Gasteiger charge is -2.27. The van der Waals surface area contributed by atoms with E-state index in [9.17, 15) is 27.9 Å². The van der Waals surface area contributed by atoms with Crippen LogP contribution >= 0.6 is 0 Å². The first kappa shape index (κ1) is 19.3. The summed E-state index contributed by atoms with van der Waals surface area (Å²) < 4.78 is 45.5. The number of halogens is 3. The predicted molar refractivity (Wildman–Crippen MR) is 89.3 cm³/mol. The van der Waals surface area contributed by atoms with Crippen LogP contribution in [0.3, 0.4) is 0 Å². The maximum atomic E-state index is 13.5. The third-order valence-electron chi connectivity index (χ3n) is 5.63. The molecule has 9 heteroatoms. The molecule has 3 atom stereocenters. The summed E-state index contributed by atoms with van der Waals surface area (Å²) in [5.41, 5.74) is -1.16. The SMILES string of the molecule is COc1ccc(C(NC(=O)N2C[C@@H]3CCC[C@@]3(C(=O)O)C2)C(F)(F)F)cc1. The second-order valence-electron chi connectivity index (χ2n) is 7.13. The van der Waals surface area contributed by atoms with Gasteiger partial charge in [-0.05, 0) is 36.5 Å². The van der Waals surface area contributed by atoms with Gasteiger partial charge in [0, 0.05) is 13.1 Å². The molecule has 1 saturated heterocycles. The number of likely N-dealkylation sites (tertiary alicyclic amines) is 1. The smallest absolute Gasteiger partial charge is 0.412 e. The summed E-state index contributed by atoms with van der Waals surface area (Å²) in [5.74, 6) is -0.796. The van der Waals surface area contributed by atoms with Crippen LogP contribution < -0.4 is 10.1 Å². The molecule has 0 radical (unpaired) electrons. The van der Waals surface area contributed by atoms with E-state index in [1.54, 1.807) is 0 Å². The van der Waals surface area contributed by atoms with E-state index in [4.69, 9.17) is 4.74 Å². The van der Waals surface area contributed by atoms with Gasteiger partial charge >= 0.3 is 18.2 Å². The van der Waals surface area contributed by atoms with E-state index in [0.717, 1.165) is 6.42 Å². The largest absolute Gasteiger partial charge is 0.497 e. The molecule has 1 heterocycles. The molecule has 1 aliphatic heterocycles. The van der Waals surface area contributed by atoms with Crippen molar-refractivity contribution >= 4 is 12.0 Å². The number of methoxy groups -OCH3 is 1. The quantitative estimate of drug-likeness (QED) is 0.833. The van der Waals surface area contributed by atoms with Crippen LogP contribution in [-0.4, -0.2) is 48.4 Å². The average Bonchev–Trinajstić information content (AvgIpc) is 3.17. The summed E-state index contributed by atoms with van der Waals surface area (Å²) in [6, 6.07) is 2.18. The molecule has 2 aliphatic rings. The first-order valence-electron chi connectivity index (χ1n) is 8.67. The fourth-order valence-electron chi connectivity index (χ4n) is 4.16. The summed E-state index contributed by atoms with van der Waals surface area (Å²) in [6.45, 7) is 0.0946. The van der Waals surface area contributed by atoms with Crippen molar-refractivity contribution in [2.45, 2.75) is 31.5 Å². The van der Waals surface area contributed by atoms with Crippen LogP contribution in [0.1, 0.15) is 30.9 Å². The highest BCUT2D eigenvalue weighted by atomic mass is 19.4. The van der Waals surface area contributed by atoms with E-state index in [1.165, 1.54) is 36.3 Å². The lowest BCUT2D eigenvalue weighted by Crippen LogP contribution is -2.46. The number of ether oxygens (including phenoxy) is 1. The van der Waals surface area contributed by atoms with Gasteiger partial charge < -0.3 is 20.1 Å². The molecule has 1 unspecified atom stereocenters. The van der Waals surface area contributed by atoms with Crippen LogP contribution in [0.25, 0.3) is 0 Å². The Hall–Kier alpha value is -2.45. The molecule has 3 rings (SSSR count). The number of hydrogen-bond acceptors (Lipinski definition) is 3. The van der Waals surface area contributed by atoms with Crippen LogP contribution in [0.5, 0.6) is 5.75 Å². The van der Waals surface area contributed by atoms with Crippen LogP contribution in [0.4, 0.5) is 18.0 Å². The number of amides is 2. The predicted octanol–water partition coefficient (Wildman–Crippen LogP) is 3.19. The van der Waals surface area contributed by atoms with Crippen molar-refractivity contribution in [1.29, 1.82) is 0 Å². The molecule has 6 nitrogen and oxygen atoms in total. The van der Waals surface area contributed by atoms with Crippen molar-refractivity contribution in [3.05, 3.63) is 29.8 Å². The van der Waals surface area contributed by atoms with Gasteiger partial charge in [0.1, 0.15) is 5.75 Å². The van der Waals surface area contributed by atoms with Gasteiger partial charge in [-0.2, -0.15) is 13.2 Å². The van der Waals surface area contributed by atoms with Crippen LogP contribution in [0.2, 0.25) is 0 Å². The van der Waals surface area contributed by atoms with Gasteiger partial charge in [-0.3, -0.25) is 4.79 Å². The lowest BCUT2D eigenvalue weighted by atomic mass is 9.81. The maximum Gasteiger partial charge on any atom is 0.412 e. The maximum absolute atomic E-state index is 13.5. The van der Waals surface area contributed by atoms with E-state index in [2.05, 4.69) is 0 Å².